The standard InChI is InChI=1S/C22H24N6O3S/c1-15(2)19(25-20-17-7-3-4-8-18(17)32(30,31)26-20)22(29)28-12-10-27(11-13-28)21-16(14-23)6-5-9-24-21/h3-9,15,19H,10-13H2,1-2H3,(H,25,26)/t19-/m0/s1. The molecule has 0 bridgehead atoms. The number of nitriles is 1. The van der Waals surface area contributed by atoms with Crippen LogP contribution in [0.25, 0.3) is 0 Å². The highest BCUT2D eigenvalue weighted by atomic mass is 32.2. The number of nitrogens with zero attached hydrogens (tertiary/aromatic N) is 5. The molecular weight excluding hydrogens is 428 g/mol. The van der Waals surface area contributed by atoms with E-state index in [1.54, 1.807) is 41.4 Å². The molecule has 32 heavy (non-hydrogen) atoms. The molecule has 1 N–H and O–H groups in total. The molecule has 2 aromatic rings. The van der Waals surface area contributed by atoms with Gasteiger partial charge in [0.05, 0.1) is 10.5 Å². The molecule has 0 saturated carbocycles. The van der Waals surface area contributed by atoms with Crippen LogP contribution in [0.5, 0.6) is 0 Å². The summed E-state index contributed by atoms with van der Waals surface area (Å²) in [5, 5.41) is 9.32. The van der Waals surface area contributed by atoms with Crippen LogP contribution in [-0.4, -0.2) is 62.3 Å². The van der Waals surface area contributed by atoms with E-state index in [4.69, 9.17) is 0 Å². The third kappa shape index (κ3) is 4.03. The van der Waals surface area contributed by atoms with Gasteiger partial charge in [-0.2, -0.15) is 5.26 Å². The number of pyridine rings is 1. The van der Waals surface area contributed by atoms with Crippen molar-refractivity contribution in [3.63, 3.8) is 0 Å². The zero-order valence-corrected chi connectivity index (χ0v) is 18.7. The predicted octanol–water partition coefficient (Wildman–Crippen LogP) is 1.37. The van der Waals surface area contributed by atoms with Gasteiger partial charge in [0.1, 0.15) is 23.8 Å². The molecule has 0 unspecified atom stereocenters. The minimum absolute atomic E-state index is 0.119. The lowest BCUT2D eigenvalue weighted by Crippen LogP contribution is -2.52. The molecule has 9 nitrogen and oxygen atoms in total. The van der Waals surface area contributed by atoms with Crippen molar-refractivity contribution in [2.45, 2.75) is 24.8 Å². The molecule has 10 heteroatoms. The summed E-state index contributed by atoms with van der Waals surface area (Å²) in [5.41, 5.74) is 0.987. The maximum atomic E-state index is 13.3. The van der Waals surface area contributed by atoms with E-state index in [0.29, 0.717) is 43.1 Å². The van der Waals surface area contributed by atoms with Crippen LogP contribution < -0.4 is 9.62 Å². The monoisotopic (exact) mass is 452 g/mol. The van der Waals surface area contributed by atoms with Gasteiger partial charge in [0.15, 0.2) is 0 Å². The zero-order valence-electron chi connectivity index (χ0n) is 17.9. The number of anilines is 1. The number of rotatable bonds is 4. The summed E-state index contributed by atoms with van der Waals surface area (Å²) >= 11 is 0. The first-order valence-electron chi connectivity index (χ1n) is 10.4. The average molecular weight is 453 g/mol. The van der Waals surface area contributed by atoms with E-state index in [1.165, 1.54) is 6.07 Å². The maximum Gasteiger partial charge on any atom is 0.263 e. The molecule has 4 rings (SSSR count). The van der Waals surface area contributed by atoms with Crippen LogP contribution in [0.3, 0.4) is 0 Å². The summed E-state index contributed by atoms with van der Waals surface area (Å²) in [6.07, 6.45) is 1.65. The van der Waals surface area contributed by atoms with Gasteiger partial charge in [0.25, 0.3) is 10.0 Å². The summed E-state index contributed by atoms with van der Waals surface area (Å²) in [4.78, 5) is 26.1. The summed E-state index contributed by atoms with van der Waals surface area (Å²) < 4.78 is 27.3. The number of piperazine rings is 1. The lowest BCUT2D eigenvalue weighted by molar-refractivity contribution is -0.133. The fourth-order valence-corrected chi connectivity index (χ4v) is 5.16. The molecule has 1 atom stereocenters. The average Bonchev–Trinajstić information content (AvgIpc) is 3.07. The molecule has 0 radical (unpaired) electrons. The number of carbonyl (C=O) groups excluding carboxylic acids is 1. The molecular formula is C22H24N6O3S. The summed E-state index contributed by atoms with van der Waals surface area (Å²) in [6, 6.07) is 11.5. The smallest absolute Gasteiger partial charge is 0.263 e. The lowest BCUT2D eigenvalue weighted by Gasteiger charge is -2.37. The summed E-state index contributed by atoms with van der Waals surface area (Å²) in [6.45, 7) is 5.83. The Bertz CT molecular complexity index is 1210. The van der Waals surface area contributed by atoms with Crippen molar-refractivity contribution in [1.82, 2.24) is 14.6 Å². The maximum absolute atomic E-state index is 13.3. The van der Waals surface area contributed by atoms with Crippen LogP contribution in [0, 0.1) is 17.2 Å². The van der Waals surface area contributed by atoms with Crippen molar-refractivity contribution in [3.05, 3.63) is 53.7 Å². The molecule has 1 saturated heterocycles. The largest absolute Gasteiger partial charge is 0.352 e. The Labute approximate surface area is 187 Å². The number of nitrogens with one attached hydrogen (secondary N) is 1. The highest BCUT2D eigenvalue weighted by molar-refractivity contribution is 7.90. The third-order valence-electron chi connectivity index (χ3n) is 5.61. The van der Waals surface area contributed by atoms with Gasteiger partial charge in [-0.05, 0) is 30.2 Å². The zero-order chi connectivity index (χ0) is 22.9. The van der Waals surface area contributed by atoms with Gasteiger partial charge >= 0.3 is 0 Å². The Hall–Kier alpha value is -3.45. The lowest BCUT2D eigenvalue weighted by atomic mass is 10.0. The van der Waals surface area contributed by atoms with Gasteiger partial charge in [-0.25, -0.2) is 13.4 Å². The van der Waals surface area contributed by atoms with E-state index in [1.807, 2.05) is 18.7 Å². The van der Waals surface area contributed by atoms with E-state index in [2.05, 4.69) is 20.8 Å². The summed E-state index contributed by atoms with van der Waals surface area (Å²) in [5.74, 6) is 0.571. The van der Waals surface area contributed by atoms with Crippen LogP contribution in [0.4, 0.5) is 5.82 Å². The highest BCUT2D eigenvalue weighted by Crippen LogP contribution is 2.24. The van der Waals surface area contributed by atoms with Crippen molar-refractivity contribution < 1.29 is 13.2 Å². The molecule has 2 aliphatic heterocycles. The molecule has 0 spiro atoms. The number of carbonyl (C=O) groups is 1. The Morgan fingerprint density at radius 2 is 1.88 bits per heavy atom. The van der Waals surface area contributed by atoms with E-state index in [0.717, 1.165) is 0 Å². The fraction of sp³-hybridized carbons (Fsp3) is 0.364. The Kier molecular flexibility index (Phi) is 5.84. The molecule has 1 amide bonds. The number of aliphatic imine (C=N–C) groups is 1. The van der Waals surface area contributed by atoms with Crippen LogP contribution >= 0.6 is 0 Å². The normalized spacial score (nSPS) is 19.4. The second-order valence-electron chi connectivity index (χ2n) is 8.07. The molecule has 1 aromatic heterocycles. The highest BCUT2D eigenvalue weighted by Gasteiger charge is 2.34. The van der Waals surface area contributed by atoms with E-state index < -0.39 is 16.1 Å². The first-order valence-corrected chi connectivity index (χ1v) is 11.9. The minimum atomic E-state index is -3.67. The topological polar surface area (TPSA) is 119 Å². The number of amides is 1. The molecule has 1 aromatic carbocycles. The molecule has 0 aliphatic carbocycles. The molecule has 3 heterocycles. The van der Waals surface area contributed by atoms with Crippen molar-refractivity contribution in [2.24, 2.45) is 10.9 Å². The SMILES string of the molecule is CC(C)[C@H](N=C1NS(=O)(=O)c2ccccc21)C(=O)N1CCN(c2ncccc2C#N)CC1. The molecule has 2 aliphatic rings. The number of hydrogen-bond acceptors (Lipinski definition) is 7. The third-order valence-corrected chi connectivity index (χ3v) is 7.01. The van der Waals surface area contributed by atoms with Crippen LogP contribution in [0.15, 0.2) is 52.5 Å². The molecule has 166 valence electrons. The first-order chi connectivity index (χ1) is 15.3. The number of fused-ring (bicyclic) bond motifs is 1. The van der Waals surface area contributed by atoms with Gasteiger partial charge in [-0.1, -0.05) is 26.0 Å². The van der Waals surface area contributed by atoms with Crippen molar-refractivity contribution in [2.75, 3.05) is 31.1 Å². The Morgan fingerprint density at radius 3 is 2.56 bits per heavy atom. The van der Waals surface area contributed by atoms with E-state index in [-0.39, 0.29) is 22.6 Å². The number of hydrogen-bond donors (Lipinski definition) is 1. The van der Waals surface area contributed by atoms with Gasteiger partial charge in [-0.3, -0.25) is 14.5 Å². The molecule has 1 fully saturated rings. The van der Waals surface area contributed by atoms with Crippen LogP contribution in [0.1, 0.15) is 25.0 Å². The van der Waals surface area contributed by atoms with Crippen LogP contribution in [0.2, 0.25) is 0 Å². The second kappa shape index (κ2) is 8.59. The fourth-order valence-electron chi connectivity index (χ4n) is 3.92. The quantitative estimate of drug-likeness (QED) is 0.748. The summed E-state index contributed by atoms with van der Waals surface area (Å²) in [7, 11) is -3.67. The van der Waals surface area contributed by atoms with Crippen molar-refractivity contribution >= 4 is 27.6 Å². The Balaban J connectivity index is 1.52. The number of benzene rings is 1. The first kappa shape index (κ1) is 21.8. The van der Waals surface area contributed by atoms with Crippen LogP contribution in [-0.2, 0) is 14.8 Å². The van der Waals surface area contributed by atoms with Gasteiger partial charge < -0.3 is 9.80 Å². The van der Waals surface area contributed by atoms with Crippen molar-refractivity contribution in [3.8, 4) is 6.07 Å². The van der Waals surface area contributed by atoms with E-state index >= 15 is 0 Å². The Morgan fingerprint density at radius 1 is 1.16 bits per heavy atom. The second-order valence-corrected chi connectivity index (χ2v) is 9.72. The predicted molar refractivity (Wildman–Crippen MR) is 120 cm³/mol. The van der Waals surface area contributed by atoms with Crippen molar-refractivity contribution in [1.29, 1.82) is 5.26 Å². The number of amidine groups is 1. The minimum Gasteiger partial charge on any atom is -0.352 e. The number of aromatic nitrogens is 1. The van der Waals surface area contributed by atoms with Gasteiger partial charge in [0.2, 0.25) is 5.91 Å². The van der Waals surface area contributed by atoms with Gasteiger partial charge in [-0.15, -0.1) is 0 Å². The van der Waals surface area contributed by atoms with E-state index in [9.17, 15) is 18.5 Å². The van der Waals surface area contributed by atoms with Gasteiger partial charge in [0, 0.05) is 37.9 Å². The number of sulfonamides is 1.